The Morgan fingerprint density at radius 1 is 1.40 bits per heavy atom. The minimum atomic E-state index is 0.579. The van der Waals surface area contributed by atoms with E-state index in [1.807, 2.05) is 6.20 Å². The van der Waals surface area contributed by atoms with Crippen molar-refractivity contribution in [3.63, 3.8) is 0 Å². The molecule has 1 saturated carbocycles. The number of imidazole rings is 1. The van der Waals surface area contributed by atoms with E-state index < -0.39 is 0 Å². The molecule has 2 fully saturated rings. The minimum absolute atomic E-state index is 0.579. The number of likely N-dealkylation sites (N-methyl/N-ethyl adjacent to an activating group) is 1. The molecule has 1 aromatic rings. The highest BCUT2D eigenvalue weighted by Crippen LogP contribution is 2.36. The summed E-state index contributed by atoms with van der Waals surface area (Å²) in [6, 6.07) is 1.30. The van der Waals surface area contributed by atoms with Crippen molar-refractivity contribution < 1.29 is 0 Å². The first-order valence-corrected chi connectivity index (χ1v) is 5.81. The molecule has 0 spiro atoms. The third-order valence-corrected chi connectivity index (χ3v) is 3.33. The van der Waals surface area contributed by atoms with Crippen LogP contribution >= 0.6 is 0 Å². The van der Waals surface area contributed by atoms with Crippen LogP contribution in [0.1, 0.15) is 25.3 Å². The average Bonchev–Trinajstić information content (AvgIpc) is 2.83. The van der Waals surface area contributed by atoms with E-state index in [2.05, 4.69) is 33.0 Å². The highest BCUT2D eigenvalue weighted by Gasteiger charge is 2.27. The number of nitrogens with zero attached hydrogens (tertiary/aromatic N) is 3. The molecule has 0 bridgehead atoms. The van der Waals surface area contributed by atoms with Gasteiger partial charge in [-0.25, -0.2) is 4.98 Å². The second-order valence-corrected chi connectivity index (χ2v) is 4.78. The summed E-state index contributed by atoms with van der Waals surface area (Å²) < 4.78 is 2.29. The summed E-state index contributed by atoms with van der Waals surface area (Å²) in [7, 11) is 2.18. The Hall–Kier alpha value is -1.03. The number of anilines is 1. The molecule has 4 heteroatoms. The molecule has 1 saturated heterocycles. The van der Waals surface area contributed by atoms with Crippen molar-refractivity contribution in [2.75, 3.05) is 25.5 Å². The predicted octanol–water partition coefficient (Wildman–Crippen LogP) is 1.33. The van der Waals surface area contributed by atoms with Crippen LogP contribution in [0.5, 0.6) is 0 Å². The van der Waals surface area contributed by atoms with Gasteiger partial charge in [-0.1, -0.05) is 0 Å². The van der Waals surface area contributed by atoms with Gasteiger partial charge in [0.1, 0.15) is 0 Å². The van der Waals surface area contributed by atoms with Gasteiger partial charge in [0, 0.05) is 31.0 Å². The molecule has 2 aliphatic rings. The van der Waals surface area contributed by atoms with Crippen molar-refractivity contribution in [1.29, 1.82) is 0 Å². The van der Waals surface area contributed by atoms with Gasteiger partial charge < -0.3 is 14.8 Å². The largest absolute Gasteiger partial charge is 0.352 e. The molecule has 4 nitrogen and oxygen atoms in total. The smallest absolute Gasteiger partial charge is 0.203 e. The van der Waals surface area contributed by atoms with E-state index in [9.17, 15) is 0 Å². The van der Waals surface area contributed by atoms with Crippen LogP contribution in [0.2, 0.25) is 0 Å². The molecule has 1 aliphatic heterocycles. The maximum Gasteiger partial charge on any atom is 0.203 e. The number of likely N-dealkylation sites (tertiary alicyclic amines) is 1. The number of hydrogen-bond acceptors (Lipinski definition) is 3. The summed E-state index contributed by atoms with van der Waals surface area (Å²) in [6.45, 7) is 2.33. The predicted molar refractivity (Wildman–Crippen MR) is 60.0 cm³/mol. The quantitative estimate of drug-likeness (QED) is 0.810. The maximum absolute atomic E-state index is 4.40. The Morgan fingerprint density at radius 2 is 2.27 bits per heavy atom. The molecule has 1 aliphatic carbocycles. The Morgan fingerprint density at radius 3 is 2.93 bits per heavy atom. The fourth-order valence-corrected chi connectivity index (χ4v) is 2.31. The highest BCUT2D eigenvalue weighted by atomic mass is 15.3. The number of rotatable bonds is 3. The van der Waals surface area contributed by atoms with E-state index in [0.717, 1.165) is 12.5 Å². The zero-order valence-corrected chi connectivity index (χ0v) is 9.19. The normalized spacial score (nSPS) is 27.1. The molecule has 3 rings (SSSR count). The van der Waals surface area contributed by atoms with Crippen LogP contribution in [0.4, 0.5) is 5.95 Å². The SMILES string of the molecule is CN1CCC(Nc2nccn2C2CC2)C1. The first kappa shape index (κ1) is 9.21. The van der Waals surface area contributed by atoms with Crippen molar-refractivity contribution in [3.8, 4) is 0 Å². The van der Waals surface area contributed by atoms with Gasteiger partial charge in [0.15, 0.2) is 0 Å². The standard InChI is InChI=1S/C11H18N4/c1-14-6-4-9(8-14)13-11-12-5-7-15(11)10-2-3-10/h5,7,9-10H,2-4,6,8H2,1H3,(H,12,13). The highest BCUT2D eigenvalue weighted by molar-refractivity contribution is 5.30. The van der Waals surface area contributed by atoms with E-state index in [1.54, 1.807) is 0 Å². The number of hydrogen-bond donors (Lipinski definition) is 1. The molecule has 1 aromatic heterocycles. The van der Waals surface area contributed by atoms with Crippen molar-refractivity contribution in [3.05, 3.63) is 12.4 Å². The first-order chi connectivity index (χ1) is 7.33. The van der Waals surface area contributed by atoms with Crippen LogP contribution < -0.4 is 5.32 Å². The molecule has 82 valence electrons. The molecule has 1 N–H and O–H groups in total. The topological polar surface area (TPSA) is 33.1 Å². The summed E-state index contributed by atoms with van der Waals surface area (Å²) in [5.74, 6) is 1.07. The summed E-state index contributed by atoms with van der Waals surface area (Å²) in [5, 5.41) is 3.55. The fourth-order valence-electron chi connectivity index (χ4n) is 2.31. The van der Waals surface area contributed by atoms with Gasteiger partial charge in [-0.2, -0.15) is 0 Å². The summed E-state index contributed by atoms with van der Waals surface area (Å²) in [6.07, 6.45) is 7.86. The van der Waals surface area contributed by atoms with Crippen LogP contribution in [0.25, 0.3) is 0 Å². The lowest BCUT2D eigenvalue weighted by molar-refractivity contribution is 0.413. The lowest BCUT2D eigenvalue weighted by Crippen LogP contribution is -2.25. The maximum atomic E-state index is 4.40. The summed E-state index contributed by atoms with van der Waals surface area (Å²) in [4.78, 5) is 6.76. The van der Waals surface area contributed by atoms with Crippen LogP contribution in [-0.4, -0.2) is 40.6 Å². The van der Waals surface area contributed by atoms with Gasteiger partial charge in [0.2, 0.25) is 5.95 Å². The number of aromatic nitrogens is 2. The van der Waals surface area contributed by atoms with Crippen LogP contribution in [0.3, 0.4) is 0 Å². The fraction of sp³-hybridized carbons (Fsp3) is 0.727. The van der Waals surface area contributed by atoms with E-state index >= 15 is 0 Å². The molecule has 15 heavy (non-hydrogen) atoms. The molecule has 1 unspecified atom stereocenters. The van der Waals surface area contributed by atoms with Crippen molar-refractivity contribution >= 4 is 5.95 Å². The van der Waals surface area contributed by atoms with Gasteiger partial charge in [0.25, 0.3) is 0 Å². The lowest BCUT2D eigenvalue weighted by atomic mass is 10.3. The first-order valence-electron chi connectivity index (χ1n) is 5.81. The Balaban J connectivity index is 1.68. The second-order valence-electron chi connectivity index (χ2n) is 4.78. The van der Waals surface area contributed by atoms with E-state index in [0.29, 0.717) is 12.1 Å². The molecule has 2 heterocycles. The third-order valence-electron chi connectivity index (χ3n) is 3.33. The second kappa shape index (κ2) is 3.52. The van der Waals surface area contributed by atoms with Crippen molar-refractivity contribution in [1.82, 2.24) is 14.5 Å². The van der Waals surface area contributed by atoms with Crippen LogP contribution in [-0.2, 0) is 0 Å². The van der Waals surface area contributed by atoms with Gasteiger partial charge in [-0.05, 0) is 32.9 Å². The van der Waals surface area contributed by atoms with Gasteiger partial charge in [-0.15, -0.1) is 0 Å². The van der Waals surface area contributed by atoms with Crippen molar-refractivity contribution in [2.45, 2.75) is 31.3 Å². The molecule has 0 amide bonds. The molecule has 0 radical (unpaired) electrons. The lowest BCUT2D eigenvalue weighted by Gasteiger charge is -2.14. The minimum Gasteiger partial charge on any atom is -0.352 e. The Kier molecular flexibility index (Phi) is 2.16. The van der Waals surface area contributed by atoms with Crippen molar-refractivity contribution in [2.24, 2.45) is 0 Å². The van der Waals surface area contributed by atoms with Gasteiger partial charge in [-0.3, -0.25) is 0 Å². The Bertz CT molecular complexity index is 342. The summed E-state index contributed by atoms with van der Waals surface area (Å²) >= 11 is 0. The van der Waals surface area contributed by atoms with Gasteiger partial charge in [0.05, 0.1) is 0 Å². The summed E-state index contributed by atoms with van der Waals surface area (Å²) in [5.41, 5.74) is 0. The molecular formula is C11H18N4. The zero-order valence-electron chi connectivity index (χ0n) is 9.19. The monoisotopic (exact) mass is 206 g/mol. The average molecular weight is 206 g/mol. The molecule has 1 atom stereocenters. The zero-order chi connectivity index (χ0) is 10.3. The van der Waals surface area contributed by atoms with E-state index in [-0.39, 0.29) is 0 Å². The van der Waals surface area contributed by atoms with Crippen LogP contribution in [0.15, 0.2) is 12.4 Å². The van der Waals surface area contributed by atoms with E-state index in [1.165, 1.54) is 25.8 Å². The number of nitrogens with one attached hydrogen (secondary N) is 1. The van der Waals surface area contributed by atoms with Crippen LogP contribution in [0, 0.1) is 0 Å². The van der Waals surface area contributed by atoms with E-state index in [4.69, 9.17) is 0 Å². The Labute approximate surface area is 90.3 Å². The van der Waals surface area contributed by atoms with Gasteiger partial charge >= 0.3 is 0 Å². The third kappa shape index (κ3) is 1.86. The molecular weight excluding hydrogens is 188 g/mol. The molecule has 0 aromatic carbocycles.